The van der Waals surface area contributed by atoms with Gasteiger partial charge >= 0.3 is 0 Å². The van der Waals surface area contributed by atoms with Gasteiger partial charge in [0.15, 0.2) is 10.8 Å². The van der Waals surface area contributed by atoms with Crippen molar-refractivity contribution in [2.75, 3.05) is 11.9 Å². The molecule has 0 aliphatic carbocycles. The first-order valence-electron chi connectivity index (χ1n) is 8.61. The molecule has 0 aliphatic heterocycles. The fraction of sp³-hybridized carbons (Fsp3) is 0.158. The minimum absolute atomic E-state index is 0.149. The van der Waals surface area contributed by atoms with Crippen LogP contribution < -0.4 is 10.0 Å². The lowest BCUT2D eigenvalue weighted by atomic mass is 10.2. The molecule has 0 fully saturated rings. The van der Waals surface area contributed by atoms with Crippen LogP contribution in [0.25, 0.3) is 10.8 Å². The van der Waals surface area contributed by atoms with Crippen LogP contribution in [-0.2, 0) is 15.8 Å². The molecule has 8 nitrogen and oxygen atoms in total. The van der Waals surface area contributed by atoms with Crippen molar-refractivity contribution in [3.8, 4) is 10.8 Å². The van der Waals surface area contributed by atoms with E-state index in [0.29, 0.717) is 32.7 Å². The summed E-state index contributed by atoms with van der Waals surface area (Å²) in [5, 5.41) is 3.37. The Kier molecular flexibility index (Phi) is 6.47. The Morgan fingerprint density at radius 3 is 2.55 bits per heavy atom. The minimum atomic E-state index is -3.43. The van der Waals surface area contributed by atoms with Crippen LogP contribution >= 0.6 is 11.3 Å². The zero-order chi connectivity index (χ0) is 20.9. The van der Waals surface area contributed by atoms with E-state index in [-0.39, 0.29) is 18.2 Å². The van der Waals surface area contributed by atoms with Gasteiger partial charge in [0, 0.05) is 24.6 Å². The van der Waals surface area contributed by atoms with Crippen molar-refractivity contribution in [1.82, 2.24) is 19.7 Å². The average molecular weight is 430 g/mol. The van der Waals surface area contributed by atoms with E-state index in [0.717, 1.165) is 0 Å². The molecular weight excluding hydrogens is 410 g/mol. The standard InChI is InChI=1S/C19H19N5O3S2/c1-3-9-22-29(26,27)12-14-5-7-15(8-6-14)24-18(25)16-13(2)23-19(28-16)17-20-10-4-11-21-17/h3-8,10-11,22H,1,9,12H2,2H3,(H,24,25). The largest absolute Gasteiger partial charge is 0.321 e. The molecule has 0 radical (unpaired) electrons. The third-order valence-corrected chi connectivity index (χ3v) is 6.25. The number of nitrogens with one attached hydrogen (secondary N) is 2. The molecule has 0 saturated carbocycles. The van der Waals surface area contributed by atoms with E-state index < -0.39 is 10.0 Å². The molecule has 29 heavy (non-hydrogen) atoms. The quantitative estimate of drug-likeness (QED) is 0.532. The smallest absolute Gasteiger partial charge is 0.267 e. The van der Waals surface area contributed by atoms with Crippen LogP contribution in [-0.4, -0.2) is 35.8 Å². The number of aryl methyl sites for hydroxylation is 1. The summed E-state index contributed by atoms with van der Waals surface area (Å²) in [5.41, 5.74) is 1.75. The van der Waals surface area contributed by atoms with Crippen LogP contribution in [0.5, 0.6) is 0 Å². The molecule has 0 aliphatic rings. The van der Waals surface area contributed by atoms with E-state index in [1.807, 2.05) is 0 Å². The highest BCUT2D eigenvalue weighted by molar-refractivity contribution is 7.88. The summed E-state index contributed by atoms with van der Waals surface area (Å²) in [6.07, 6.45) is 4.72. The van der Waals surface area contributed by atoms with Crippen molar-refractivity contribution in [2.24, 2.45) is 0 Å². The van der Waals surface area contributed by atoms with E-state index in [2.05, 4.69) is 31.6 Å². The highest BCUT2D eigenvalue weighted by Gasteiger charge is 2.18. The number of sulfonamides is 1. The maximum absolute atomic E-state index is 12.6. The van der Waals surface area contributed by atoms with Crippen molar-refractivity contribution in [1.29, 1.82) is 0 Å². The molecule has 0 bridgehead atoms. The van der Waals surface area contributed by atoms with E-state index in [9.17, 15) is 13.2 Å². The van der Waals surface area contributed by atoms with Crippen molar-refractivity contribution in [3.63, 3.8) is 0 Å². The second-order valence-electron chi connectivity index (χ2n) is 6.05. The zero-order valence-electron chi connectivity index (χ0n) is 15.6. The molecule has 3 aromatic rings. The molecule has 10 heteroatoms. The van der Waals surface area contributed by atoms with Gasteiger partial charge in [0.05, 0.1) is 11.4 Å². The fourth-order valence-electron chi connectivity index (χ4n) is 2.44. The second kappa shape index (κ2) is 9.03. The summed E-state index contributed by atoms with van der Waals surface area (Å²) < 4.78 is 26.3. The van der Waals surface area contributed by atoms with Gasteiger partial charge < -0.3 is 5.32 Å². The van der Waals surface area contributed by atoms with Crippen LogP contribution in [0.3, 0.4) is 0 Å². The molecule has 2 N–H and O–H groups in total. The average Bonchev–Trinajstić information content (AvgIpc) is 3.10. The lowest BCUT2D eigenvalue weighted by molar-refractivity contribution is 0.103. The van der Waals surface area contributed by atoms with Crippen LogP contribution in [0.1, 0.15) is 20.9 Å². The van der Waals surface area contributed by atoms with E-state index in [4.69, 9.17) is 0 Å². The van der Waals surface area contributed by atoms with Crippen molar-refractivity contribution in [3.05, 3.63) is 71.5 Å². The predicted octanol–water partition coefficient (Wildman–Crippen LogP) is 2.77. The predicted molar refractivity (Wildman–Crippen MR) is 113 cm³/mol. The van der Waals surface area contributed by atoms with E-state index in [1.165, 1.54) is 17.4 Å². The molecule has 1 aromatic carbocycles. The number of rotatable bonds is 8. The molecule has 0 unspecified atom stereocenters. The number of anilines is 1. The number of amides is 1. The molecule has 3 rings (SSSR count). The highest BCUT2D eigenvalue weighted by Crippen LogP contribution is 2.26. The molecular formula is C19H19N5O3S2. The number of hydrogen-bond acceptors (Lipinski definition) is 7. The number of thiazole rings is 1. The number of hydrogen-bond donors (Lipinski definition) is 2. The van der Waals surface area contributed by atoms with Gasteiger partial charge in [-0.15, -0.1) is 17.9 Å². The first-order chi connectivity index (χ1) is 13.9. The molecule has 150 valence electrons. The van der Waals surface area contributed by atoms with Crippen LogP contribution in [0, 0.1) is 6.92 Å². The van der Waals surface area contributed by atoms with E-state index in [1.54, 1.807) is 49.6 Å². The highest BCUT2D eigenvalue weighted by atomic mass is 32.2. The lowest BCUT2D eigenvalue weighted by Crippen LogP contribution is -2.25. The number of carbonyl (C=O) groups excluding carboxylic acids is 1. The number of nitrogens with zero attached hydrogens (tertiary/aromatic N) is 3. The summed E-state index contributed by atoms with van der Waals surface area (Å²) in [5.74, 6) is 0.0224. The van der Waals surface area contributed by atoms with Gasteiger partial charge in [0.25, 0.3) is 5.91 Å². The van der Waals surface area contributed by atoms with Gasteiger partial charge in [-0.3, -0.25) is 4.79 Å². The summed E-state index contributed by atoms with van der Waals surface area (Å²) in [4.78, 5) is 25.8. The molecule has 2 heterocycles. The summed E-state index contributed by atoms with van der Waals surface area (Å²) in [7, 11) is -3.43. The van der Waals surface area contributed by atoms with Gasteiger partial charge in [-0.1, -0.05) is 18.2 Å². The topological polar surface area (TPSA) is 114 Å². The Hall–Kier alpha value is -2.95. The van der Waals surface area contributed by atoms with Crippen molar-refractivity contribution >= 4 is 33.0 Å². The maximum Gasteiger partial charge on any atom is 0.267 e. The Labute approximate surface area is 172 Å². The first kappa shape index (κ1) is 20.8. The van der Waals surface area contributed by atoms with Gasteiger partial charge in [-0.05, 0) is 30.7 Å². The second-order valence-corrected chi connectivity index (χ2v) is 8.86. The molecule has 0 atom stereocenters. The monoisotopic (exact) mass is 429 g/mol. The molecule has 0 spiro atoms. The first-order valence-corrected chi connectivity index (χ1v) is 11.1. The van der Waals surface area contributed by atoms with E-state index >= 15 is 0 Å². The van der Waals surface area contributed by atoms with Gasteiger partial charge in [0.2, 0.25) is 10.0 Å². The fourth-order valence-corrected chi connectivity index (χ4v) is 4.46. The van der Waals surface area contributed by atoms with Crippen molar-refractivity contribution < 1.29 is 13.2 Å². The Morgan fingerprint density at radius 1 is 1.21 bits per heavy atom. The van der Waals surface area contributed by atoms with Gasteiger partial charge in [-0.2, -0.15) is 0 Å². The summed E-state index contributed by atoms with van der Waals surface area (Å²) in [6.45, 7) is 5.42. The lowest BCUT2D eigenvalue weighted by Gasteiger charge is -2.07. The van der Waals surface area contributed by atoms with Gasteiger partial charge in [0.1, 0.15) is 4.88 Å². The minimum Gasteiger partial charge on any atom is -0.321 e. The van der Waals surface area contributed by atoms with Crippen molar-refractivity contribution in [2.45, 2.75) is 12.7 Å². The number of aromatic nitrogens is 3. The van der Waals surface area contributed by atoms with Crippen LogP contribution in [0.2, 0.25) is 0 Å². The van der Waals surface area contributed by atoms with Crippen LogP contribution in [0.15, 0.2) is 55.4 Å². The summed E-state index contributed by atoms with van der Waals surface area (Å²) >= 11 is 1.21. The molecule has 0 saturated heterocycles. The zero-order valence-corrected chi connectivity index (χ0v) is 17.3. The Bertz CT molecular complexity index is 1110. The maximum atomic E-state index is 12.6. The molecule has 2 aromatic heterocycles. The third kappa shape index (κ3) is 5.53. The van der Waals surface area contributed by atoms with Crippen LogP contribution in [0.4, 0.5) is 5.69 Å². The Balaban J connectivity index is 1.68. The molecule has 1 amide bonds. The van der Waals surface area contributed by atoms with Gasteiger partial charge in [-0.25, -0.2) is 28.1 Å². The Morgan fingerprint density at radius 2 is 1.90 bits per heavy atom. The number of carbonyl (C=O) groups is 1. The third-order valence-electron chi connectivity index (χ3n) is 3.78. The SMILES string of the molecule is C=CCNS(=O)(=O)Cc1ccc(NC(=O)c2sc(-c3ncccn3)nc2C)cc1. The number of benzene rings is 1. The normalized spacial score (nSPS) is 11.2. The summed E-state index contributed by atoms with van der Waals surface area (Å²) in [6, 6.07) is 8.35.